The summed E-state index contributed by atoms with van der Waals surface area (Å²) in [7, 11) is 0. The molecule has 0 bridgehead atoms. The van der Waals surface area contributed by atoms with E-state index in [9.17, 15) is 44.1 Å². The third kappa shape index (κ3) is 20.7. The summed E-state index contributed by atoms with van der Waals surface area (Å²) in [6.07, 6.45) is 6.00. The summed E-state index contributed by atoms with van der Waals surface area (Å²) in [5.74, 6) is -2.72. The molecule has 0 aromatic carbocycles. The number of hydrogen-bond acceptors (Lipinski definition) is 11. The number of carboxylic acid groups (broad SMARTS) is 3. The molecule has 1 saturated carbocycles. The van der Waals surface area contributed by atoms with Crippen molar-refractivity contribution in [3.05, 3.63) is 0 Å². The van der Waals surface area contributed by atoms with Crippen LogP contribution in [0.25, 0.3) is 0 Å². The largest absolute Gasteiger partial charge is 0.480 e. The average molecular weight is 754 g/mol. The minimum absolute atomic E-state index is 0.00954. The van der Waals surface area contributed by atoms with Crippen LogP contribution in [-0.4, -0.2) is 173 Å². The van der Waals surface area contributed by atoms with Gasteiger partial charge in [0.2, 0.25) is 11.8 Å². The normalized spacial score (nSPS) is 21.2. The van der Waals surface area contributed by atoms with Gasteiger partial charge >= 0.3 is 17.9 Å². The van der Waals surface area contributed by atoms with Crippen molar-refractivity contribution in [1.82, 2.24) is 35.6 Å². The molecule has 2 aliphatic rings. The van der Waals surface area contributed by atoms with Gasteiger partial charge in [0.15, 0.2) is 5.78 Å². The molecule has 0 radical (unpaired) electrons. The highest BCUT2D eigenvalue weighted by Gasteiger charge is 2.27. The first-order valence-electron chi connectivity index (χ1n) is 19.3. The Balaban J connectivity index is 1.82. The minimum atomic E-state index is -1.01. The molecular formula is C37H67N7O9. The Bertz CT molecular complexity index is 1160. The lowest BCUT2D eigenvalue weighted by Crippen LogP contribution is -2.50. The summed E-state index contributed by atoms with van der Waals surface area (Å²) >= 11 is 0. The molecule has 2 amide bonds. The molecule has 0 spiro atoms. The van der Waals surface area contributed by atoms with E-state index in [4.69, 9.17) is 0 Å². The topological polar surface area (TPSA) is 212 Å². The van der Waals surface area contributed by atoms with Crippen molar-refractivity contribution in [2.75, 3.05) is 85.1 Å². The fraction of sp³-hybridized carbons (Fsp3) is 0.838. The molecule has 16 heteroatoms. The molecule has 2 fully saturated rings. The third-order valence-electron chi connectivity index (χ3n) is 9.82. The number of amides is 2. The number of Topliss-reactive ketones (excluding diaryl/α,β-unsaturated/α-hetero) is 1. The van der Waals surface area contributed by atoms with E-state index in [0.717, 1.165) is 44.9 Å². The summed E-state index contributed by atoms with van der Waals surface area (Å²) in [6, 6.07) is -0.202. The maximum absolute atomic E-state index is 13.2. The van der Waals surface area contributed by atoms with E-state index in [1.54, 1.807) is 14.7 Å². The second-order valence-corrected chi connectivity index (χ2v) is 16.1. The quantitative estimate of drug-likeness (QED) is 0.101. The van der Waals surface area contributed by atoms with Gasteiger partial charge in [0.1, 0.15) is 0 Å². The summed E-state index contributed by atoms with van der Waals surface area (Å²) in [4.78, 5) is 80.1. The van der Waals surface area contributed by atoms with E-state index >= 15 is 0 Å². The number of hydrogen-bond donors (Lipinski definition) is 6. The van der Waals surface area contributed by atoms with Gasteiger partial charge < -0.3 is 31.3 Å². The van der Waals surface area contributed by atoms with Crippen LogP contribution in [0.5, 0.6) is 0 Å². The molecule has 53 heavy (non-hydrogen) atoms. The molecular weight excluding hydrogens is 686 g/mol. The standard InChI is InChI=1S/C37H67N7O9/c1-27(2)36(53)30(40-37(3,4)5)8-6-7-13-38-31(45)22-28-9-11-29(12-10-28)39-32(46)23-41-14-16-42(24-33(47)48)18-20-44(26-35(51)52)21-19-43(17-15-41)25-34(49)50/h27-30,40H,6-26H2,1-5H3,(H,38,45)(H,39,46)(H,47,48)(H,49,50)(H,51,52)/t28?,29?,30-/m1/s1. The van der Waals surface area contributed by atoms with Gasteiger partial charge in [0.25, 0.3) is 0 Å². The number of ketones is 1. The first-order valence-corrected chi connectivity index (χ1v) is 19.3. The van der Waals surface area contributed by atoms with E-state index in [1.807, 2.05) is 18.7 Å². The predicted octanol–water partition coefficient (Wildman–Crippen LogP) is 0.795. The van der Waals surface area contributed by atoms with Crippen LogP contribution in [0, 0.1) is 11.8 Å². The Hall–Kier alpha value is -3.18. The molecule has 2 rings (SSSR count). The van der Waals surface area contributed by atoms with Crippen molar-refractivity contribution in [3.8, 4) is 0 Å². The van der Waals surface area contributed by atoms with Crippen LogP contribution in [0.3, 0.4) is 0 Å². The van der Waals surface area contributed by atoms with Crippen LogP contribution in [0.1, 0.15) is 86.0 Å². The van der Waals surface area contributed by atoms with Gasteiger partial charge in [-0.3, -0.25) is 48.4 Å². The zero-order chi connectivity index (χ0) is 39.6. The molecule has 0 aromatic heterocycles. The van der Waals surface area contributed by atoms with Crippen molar-refractivity contribution < 1.29 is 44.1 Å². The fourth-order valence-corrected chi connectivity index (χ4v) is 7.02. The van der Waals surface area contributed by atoms with Crippen LogP contribution in [0.4, 0.5) is 0 Å². The van der Waals surface area contributed by atoms with Crippen LogP contribution in [0.15, 0.2) is 0 Å². The first-order chi connectivity index (χ1) is 24.9. The van der Waals surface area contributed by atoms with Gasteiger partial charge in [-0.25, -0.2) is 0 Å². The van der Waals surface area contributed by atoms with E-state index in [-0.39, 0.29) is 73.2 Å². The molecule has 1 heterocycles. The average Bonchev–Trinajstić information content (AvgIpc) is 3.04. The van der Waals surface area contributed by atoms with Crippen molar-refractivity contribution in [2.24, 2.45) is 11.8 Å². The summed E-state index contributed by atoms with van der Waals surface area (Å²) in [5, 5.41) is 37.9. The molecule has 0 aromatic rings. The Morgan fingerprint density at radius 2 is 1.08 bits per heavy atom. The first kappa shape index (κ1) is 46.0. The maximum Gasteiger partial charge on any atom is 0.317 e. The van der Waals surface area contributed by atoms with Crippen LogP contribution < -0.4 is 16.0 Å². The zero-order valence-electron chi connectivity index (χ0n) is 32.7. The number of aliphatic carboxylic acids is 3. The molecule has 1 aliphatic heterocycles. The lowest BCUT2D eigenvalue weighted by atomic mass is 9.84. The van der Waals surface area contributed by atoms with Crippen molar-refractivity contribution in [3.63, 3.8) is 0 Å². The fourth-order valence-electron chi connectivity index (χ4n) is 7.02. The van der Waals surface area contributed by atoms with Gasteiger partial charge in [-0.15, -0.1) is 0 Å². The Morgan fingerprint density at radius 1 is 0.642 bits per heavy atom. The van der Waals surface area contributed by atoms with E-state index in [1.165, 1.54) is 0 Å². The number of carbonyl (C=O) groups is 6. The second kappa shape index (κ2) is 23.6. The molecule has 1 atom stereocenters. The van der Waals surface area contributed by atoms with Gasteiger partial charge in [0.05, 0.1) is 32.2 Å². The van der Waals surface area contributed by atoms with Crippen LogP contribution in [0.2, 0.25) is 0 Å². The van der Waals surface area contributed by atoms with Gasteiger partial charge in [0, 0.05) is 82.8 Å². The second-order valence-electron chi connectivity index (χ2n) is 16.1. The minimum Gasteiger partial charge on any atom is -0.480 e. The third-order valence-corrected chi connectivity index (χ3v) is 9.82. The number of carboxylic acids is 3. The molecule has 304 valence electrons. The van der Waals surface area contributed by atoms with Gasteiger partial charge in [-0.05, 0) is 71.6 Å². The van der Waals surface area contributed by atoms with Crippen molar-refractivity contribution in [1.29, 1.82) is 0 Å². The highest BCUT2D eigenvalue weighted by Crippen LogP contribution is 2.27. The lowest BCUT2D eigenvalue weighted by Gasteiger charge is -2.33. The van der Waals surface area contributed by atoms with Gasteiger partial charge in [-0.2, -0.15) is 0 Å². The predicted molar refractivity (Wildman–Crippen MR) is 201 cm³/mol. The smallest absolute Gasteiger partial charge is 0.317 e. The van der Waals surface area contributed by atoms with Crippen LogP contribution in [-0.2, 0) is 28.8 Å². The molecule has 1 saturated heterocycles. The van der Waals surface area contributed by atoms with E-state index in [0.29, 0.717) is 65.3 Å². The maximum atomic E-state index is 13.2. The number of nitrogens with zero attached hydrogens (tertiary/aromatic N) is 4. The number of unbranched alkanes of at least 4 members (excludes halogenated alkanes) is 1. The molecule has 6 N–H and O–H groups in total. The lowest BCUT2D eigenvalue weighted by molar-refractivity contribution is -0.140. The number of carbonyl (C=O) groups excluding carboxylic acids is 3. The Morgan fingerprint density at radius 3 is 1.47 bits per heavy atom. The van der Waals surface area contributed by atoms with Crippen LogP contribution >= 0.6 is 0 Å². The molecule has 16 nitrogen and oxygen atoms in total. The Kier molecular flexibility index (Phi) is 20.4. The highest BCUT2D eigenvalue weighted by molar-refractivity contribution is 5.85. The number of nitrogens with one attached hydrogen (secondary N) is 3. The summed E-state index contributed by atoms with van der Waals surface area (Å²) in [5.41, 5.74) is -0.159. The van der Waals surface area contributed by atoms with Crippen molar-refractivity contribution in [2.45, 2.75) is 104 Å². The van der Waals surface area contributed by atoms with E-state index < -0.39 is 17.9 Å². The van der Waals surface area contributed by atoms with Gasteiger partial charge in [-0.1, -0.05) is 13.8 Å². The molecule has 1 aliphatic carbocycles. The summed E-state index contributed by atoms with van der Waals surface area (Å²) < 4.78 is 0. The molecule has 0 unspecified atom stereocenters. The highest BCUT2D eigenvalue weighted by atomic mass is 16.4. The Labute approximate surface area is 315 Å². The summed E-state index contributed by atoms with van der Waals surface area (Å²) in [6.45, 7) is 12.7. The zero-order valence-corrected chi connectivity index (χ0v) is 32.7. The van der Waals surface area contributed by atoms with E-state index in [2.05, 4.69) is 36.7 Å². The number of rotatable bonds is 19. The van der Waals surface area contributed by atoms with Crippen molar-refractivity contribution >= 4 is 35.5 Å². The monoisotopic (exact) mass is 754 g/mol. The SMILES string of the molecule is CC(C)C(=O)[C@@H](CCCCNC(=O)CC1CCC(NC(=O)CN2CCN(CC(=O)O)CCN(CC(=O)O)CCN(CC(=O)O)CC2)CC1)NC(C)(C)C.